The second kappa shape index (κ2) is 4.74. The standard InChI is InChI=1S/C14H18N2O3/c1-14(2,3)11(5-7-17)16-12(18)9-4-6-15-8-10(9)13(16)19/h4,6,8,11,17H,5,7H2,1-3H3. The minimum Gasteiger partial charge on any atom is -0.396 e. The van der Waals surface area contributed by atoms with Crippen molar-refractivity contribution in [2.24, 2.45) is 5.41 Å². The van der Waals surface area contributed by atoms with E-state index in [-0.39, 0.29) is 29.9 Å². The SMILES string of the molecule is CC(C)(C)C(CCO)N1C(=O)c2ccncc2C1=O. The highest BCUT2D eigenvalue weighted by atomic mass is 16.3. The molecule has 1 aliphatic heterocycles. The third kappa shape index (κ3) is 2.26. The second-order valence-corrected chi connectivity index (χ2v) is 5.80. The zero-order chi connectivity index (χ0) is 14.2. The molecule has 0 radical (unpaired) electrons. The highest BCUT2D eigenvalue weighted by Gasteiger charge is 2.43. The Morgan fingerprint density at radius 1 is 1.26 bits per heavy atom. The van der Waals surface area contributed by atoms with Gasteiger partial charge in [-0.3, -0.25) is 19.5 Å². The van der Waals surface area contributed by atoms with Gasteiger partial charge < -0.3 is 5.11 Å². The highest BCUT2D eigenvalue weighted by Crippen LogP contribution is 2.33. The van der Waals surface area contributed by atoms with Crippen LogP contribution in [0.5, 0.6) is 0 Å². The van der Waals surface area contributed by atoms with Crippen LogP contribution in [0.1, 0.15) is 47.9 Å². The summed E-state index contributed by atoms with van der Waals surface area (Å²) in [7, 11) is 0. The molecule has 1 unspecified atom stereocenters. The third-order valence-electron chi connectivity index (χ3n) is 3.43. The first-order valence-corrected chi connectivity index (χ1v) is 6.30. The van der Waals surface area contributed by atoms with Crippen molar-refractivity contribution in [3.63, 3.8) is 0 Å². The van der Waals surface area contributed by atoms with Crippen molar-refractivity contribution in [1.82, 2.24) is 9.88 Å². The van der Waals surface area contributed by atoms with Gasteiger partial charge in [0.25, 0.3) is 11.8 Å². The van der Waals surface area contributed by atoms with E-state index in [0.29, 0.717) is 17.5 Å². The van der Waals surface area contributed by atoms with E-state index in [2.05, 4.69) is 4.98 Å². The number of carbonyl (C=O) groups is 2. The Balaban J connectivity index is 2.42. The molecule has 5 nitrogen and oxygen atoms in total. The van der Waals surface area contributed by atoms with E-state index in [4.69, 9.17) is 0 Å². The quantitative estimate of drug-likeness (QED) is 0.837. The van der Waals surface area contributed by atoms with E-state index >= 15 is 0 Å². The number of aromatic nitrogens is 1. The summed E-state index contributed by atoms with van der Waals surface area (Å²) in [6.45, 7) is 5.80. The lowest BCUT2D eigenvalue weighted by Gasteiger charge is -2.36. The first-order valence-electron chi connectivity index (χ1n) is 6.30. The summed E-state index contributed by atoms with van der Waals surface area (Å²) < 4.78 is 0. The van der Waals surface area contributed by atoms with Crippen LogP contribution in [0.15, 0.2) is 18.5 Å². The van der Waals surface area contributed by atoms with Crippen LogP contribution in [0.4, 0.5) is 0 Å². The minimum absolute atomic E-state index is 0.0619. The molecule has 0 saturated heterocycles. The summed E-state index contributed by atoms with van der Waals surface area (Å²) in [6, 6.07) is 1.23. The van der Waals surface area contributed by atoms with Gasteiger partial charge in [0.1, 0.15) is 0 Å². The zero-order valence-electron chi connectivity index (χ0n) is 11.4. The first kappa shape index (κ1) is 13.7. The van der Waals surface area contributed by atoms with Gasteiger partial charge in [-0.15, -0.1) is 0 Å². The van der Waals surface area contributed by atoms with Crippen LogP contribution in [0, 0.1) is 5.41 Å². The van der Waals surface area contributed by atoms with Crippen LogP contribution in [0.2, 0.25) is 0 Å². The molecule has 0 bridgehead atoms. The third-order valence-corrected chi connectivity index (χ3v) is 3.43. The van der Waals surface area contributed by atoms with Crippen molar-refractivity contribution in [3.8, 4) is 0 Å². The molecule has 2 amide bonds. The number of hydrogen-bond acceptors (Lipinski definition) is 4. The van der Waals surface area contributed by atoms with Gasteiger partial charge in [0.15, 0.2) is 0 Å². The molecule has 0 spiro atoms. The summed E-state index contributed by atoms with van der Waals surface area (Å²) in [6.07, 6.45) is 3.31. The maximum atomic E-state index is 12.4. The van der Waals surface area contributed by atoms with Crippen molar-refractivity contribution in [2.75, 3.05) is 6.61 Å². The maximum absolute atomic E-state index is 12.4. The summed E-state index contributed by atoms with van der Waals surface area (Å²) in [5.41, 5.74) is 0.454. The number of carbonyl (C=O) groups excluding carboxylic acids is 2. The first-order chi connectivity index (χ1) is 8.88. The Hall–Kier alpha value is -1.75. The number of aliphatic hydroxyl groups excluding tert-OH is 1. The number of rotatable bonds is 3. The molecule has 102 valence electrons. The highest BCUT2D eigenvalue weighted by molar-refractivity contribution is 6.21. The molecule has 1 aromatic heterocycles. The Kier molecular flexibility index (Phi) is 3.41. The lowest BCUT2D eigenvalue weighted by atomic mass is 9.84. The van der Waals surface area contributed by atoms with Crippen molar-refractivity contribution in [2.45, 2.75) is 33.2 Å². The second-order valence-electron chi connectivity index (χ2n) is 5.80. The van der Waals surface area contributed by atoms with Gasteiger partial charge in [-0.2, -0.15) is 0 Å². The summed E-state index contributed by atoms with van der Waals surface area (Å²) in [5, 5.41) is 9.19. The smallest absolute Gasteiger partial charge is 0.263 e. The molecule has 5 heteroatoms. The fourth-order valence-corrected chi connectivity index (χ4v) is 2.46. The van der Waals surface area contributed by atoms with Crippen molar-refractivity contribution >= 4 is 11.8 Å². The van der Waals surface area contributed by atoms with E-state index in [0.717, 1.165) is 0 Å². The molecule has 2 rings (SSSR count). The zero-order valence-corrected chi connectivity index (χ0v) is 11.4. The van der Waals surface area contributed by atoms with E-state index in [1.54, 1.807) is 6.07 Å². The monoisotopic (exact) mass is 262 g/mol. The van der Waals surface area contributed by atoms with Gasteiger partial charge in [0.2, 0.25) is 0 Å². The summed E-state index contributed by atoms with van der Waals surface area (Å²) in [4.78, 5) is 29.9. The molecule has 2 heterocycles. The van der Waals surface area contributed by atoms with Gasteiger partial charge in [0, 0.05) is 25.0 Å². The fraction of sp³-hybridized carbons (Fsp3) is 0.500. The minimum atomic E-state index is -0.329. The molecule has 0 saturated carbocycles. The predicted molar refractivity (Wildman–Crippen MR) is 69.7 cm³/mol. The Labute approximate surface area is 112 Å². The molecular formula is C14H18N2O3. The van der Waals surface area contributed by atoms with Crippen LogP contribution in [0.3, 0.4) is 0 Å². The predicted octanol–water partition coefficient (Wildman–Crippen LogP) is 1.47. The molecule has 19 heavy (non-hydrogen) atoms. The molecule has 1 aromatic rings. The normalized spacial score (nSPS) is 16.7. The van der Waals surface area contributed by atoms with Gasteiger partial charge in [0.05, 0.1) is 11.1 Å². The van der Waals surface area contributed by atoms with Crippen LogP contribution in [-0.4, -0.2) is 39.5 Å². The van der Waals surface area contributed by atoms with Crippen LogP contribution in [0.25, 0.3) is 0 Å². The van der Waals surface area contributed by atoms with E-state index in [1.807, 2.05) is 20.8 Å². The topological polar surface area (TPSA) is 70.5 Å². The molecule has 0 aliphatic carbocycles. The van der Waals surface area contributed by atoms with Crippen molar-refractivity contribution in [3.05, 3.63) is 29.6 Å². The molecule has 0 fully saturated rings. The number of fused-ring (bicyclic) bond motifs is 1. The number of aliphatic hydroxyl groups is 1. The number of imide groups is 1. The van der Waals surface area contributed by atoms with Crippen molar-refractivity contribution in [1.29, 1.82) is 0 Å². The van der Waals surface area contributed by atoms with E-state index in [9.17, 15) is 14.7 Å². The van der Waals surface area contributed by atoms with Gasteiger partial charge in [-0.1, -0.05) is 20.8 Å². The Bertz CT molecular complexity index is 485. The number of nitrogens with zero attached hydrogens (tertiary/aromatic N) is 2. The maximum Gasteiger partial charge on any atom is 0.263 e. The summed E-state index contributed by atoms with van der Waals surface area (Å²) >= 11 is 0. The molecule has 0 aromatic carbocycles. The largest absolute Gasteiger partial charge is 0.396 e. The summed E-state index contributed by atoms with van der Waals surface area (Å²) in [5.74, 6) is -0.614. The van der Waals surface area contributed by atoms with E-state index < -0.39 is 0 Å². The van der Waals surface area contributed by atoms with Crippen LogP contribution < -0.4 is 0 Å². The van der Waals surface area contributed by atoms with E-state index in [1.165, 1.54) is 17.3 Å². The Morgan fingerprint density at radius 2 is 1.89 bits per heavy atom. The molecular weight excluding hydrogens is 244 g/mol. The lowest BCUT2D eigenvalue weighted by Crippen LogP contribution is -2.47. The number of amides is 2. The lowest BCUT2D eigenvalue weighted by molar-refractivity contribution is 0.0410. The van der Waals surface area contributed by atoms with Crippen molar-refractivity contribution < 1.29 is 14.7 Å². The molecule has 1 atom stereocenters. The molecule has 1 aliphatic rings. The fourth-order valence-electron chi connectivity index (χ4n) is 2.46. The van der Waals surface area contributed by atoms with Gasteiger partial charge in [-0.05, 0) is 17.9 Å². The molecule has 1 N–H and O–H groups in total. The number of pyridine rings is 1. The van der Waals surface area contributed by atoms with Crippen LogP contribution in [-0.2, 0) is 0 Å². The van der Waals surface area contributed by atoms with Gasteiger partial charge in [-0.25, -0.2) is 0 Å². The average Bonchev–Trinajstić information content (AvgIpc) is 2.59. The average molecular weight is 262 g/mol. The number of hydrogen-bond donors (Lipinski definition) is 1. The van der Waals surface area contributed by atoms with Gasteiger partial charge >= 0.3 is 0 Å². The Morgan fingerprint density at radius 3 is 2.42 bits per heavy atom. The van der Waals surface area contributed by atoms with Crippen LogP contribution >= 0.6 is 0 Å².